The number of benzene rings is 1. The van der Waals surface area contributed by atoms with E-state index in [4.69, 9.17) is 4.52 Å². The fourth-order valence-corrected chi connectivity index (χ4v) is 5.88. The molecule has 182 valence electrons. The molecule has 3 unspecified atom stereocenters. The Kier molecular flexibility index (Phi) is 5.33. The van der Waals surface area contributed by atoms with E-state index in [1.54, 1.807) is 17.7 Å². The van der Waals surface area contributed by atoms with E-state index in [1.165, 1.54) is 26.0 Å². The summed E-state index contributed by atoms with van der Waals surface area (Å²) >= 11 is 0. The van der Waals surface area contributed by atoms with E-state index in [-0.39, 0.29) is 34.5 Å². The van der Waals surface area contributed by atoms with Crippen LogP contribution in [0.2, 0.25) is 0 Å². The van der Waals surface area contributed by atoms with Crippen molar-refractivity contribution in [3.8, 4) is 11.4 Å². The highest BCUT2D eigenvalue weighted by atomic mass is 19.4. The maximum atomic E-state index is 14.2. The maximum Gasteiger partial charge on any atom is 0.417 e. The zero-order chi connectivity index (χ0) is 24.3. The molecule has 2 aliphatic carbocycles. The second kappa shape index (κ2) is 7.88. The summed E-state index contributed by atoms with van der Waals surface area (Å²) in [5, 5.41) is 12.7. The van der Waals surface area contributed by atoms with Gasteiger partial charge in [0.05, 0.1) is 5.56 Å². The van der Waals surface area contributed by atoms with E-state index in [0.717, 1.165) is 50.4 Å². The van der Waals surface area contributed by atoms with E-state index >= 15 is 0 Å². The van der Waals surface area contributed by atoms with E-state index in [1.807, 2.05) is 0 Å². The Bertz CT molecular complexity index is 1190. The van der Waals surface area contributed by atoms with Gasteiger partial charge in [0, 0.05) is 23.9 Å². The Morgan fingerprint density at radius 1 is 1.06 bits per heavy atom. The summed E-state index contributed by atoms with van der Waals surface area (Å²) in [7, 11) is 1.75. The minimum Gasteiger partial charge on any atom is -0.336 e. The molecule has 0 aliphatic heterocycles. The molecule has 3 atom stereocenters. The number of fused-ring (bicyclic) bond motifs is 2. The lowest BCUT2D eigenvalue weighted by Crippen LogP contribution is -2.42. The van der Waals surface area contributed by atoms with E-state index < -0.39 is 17.4 Å². The summed E-state index contributed by atoms with van der Waals surface area (Å²) in [4.78, 5) is 4.35. The van der Waals surface area contributed by atoms with Crippen LogP contribution in [0.4, 0.5) is 17.6 Å². The van der Waals surface area contributed by atoms with Crippen LogP contribution in [0.1, 0.15) is 81.4 Å². The Balaban J connectivity index is 1.46. The number of hydrogen-bond acceptors (Lipinski definition) is 5. The van der Waals surface area contributed by atoms with Crippen molar-refractivity contribution in [2.24, 2.45) is 13.0 Å². The van der Waals surface area contributed by atoms with Gasteiger partial charge in [-0.25, -0.2) is 4.39 Å². The molecular weight excluding hydrogens is 450 g/mol. The minimum atomic E-state index is -4.48. The lowest BCUT2D eigenvalue weighted by molar-refractivity contribution is -0.137. The summed E-state index contributed by atoms with van der Waals surface area (Å²) in [6.07, 6.45) is 0.735. The number of halogens is 4. The third-order valence-corrected chi connectivity index (χ3v) is 7.49. The molecule has 1 aromatic carbocycles. The van der Waals surface area contributed by atoms with Crippen molar-refractivity contribution < 1.29 is 22.1 Å². The molecule has 0 radical (unpaired) electrons. The maximum absolute atomic E-state index is 14.2. The molecule has 2 aliphatic rings. The molecule has 3 aromatic rings. The van der Waals surface area contributed by atoms with Crippen LogP contribution in [0.15, 0.2) is 28.8 Å². The van der Waals surface area contributed by atoms with Gasteiger partial charge in [0.1, 0.15) is 5.82 Å². The smallest absolute Gasteiger partial charge is 0.336 e. The van der Waals surface area contributed by atoms with Crippen molar-refractivity contribution in [1.29, 1.82) is 0 Å². The average molecular weight is 478 g/mol. The largest absolute Gasteiger partial charge is 0.417 e. The SMILES string of the molecule is Cn1c(-c2ccccc2C(F)(F)F)nnc1C12CCCC(C1)C(c1noc(C(C)(C)F)n1)CC2. The molecule has 0 amide bonds. The second-order valence-electron chi connectivity index (χ2n) is 10.2. The zero-order valence-electron chi connectivity index (χ0n) is 19.4. The first-order valence-corrected chi connectivity index (χ1v) is 11.6. The predicted molar refractivity (Wildman–Crippen MR) is 115 cm³/mol. The molecule has 0 N–H and O–H groups in total. The van der Waals surface area contributed by atoms with Gasteiger partial charge in [-0.3, -0.25) is 0 Å². The van der Waals surface area contributed by atoms with Gasteiger partial charge >= 0.3 is 6.18 Å². The van der Waals surface area contributed by atoms with Crippen LogP contribution in [0.3, 0.4) is 0 Å². The van der Waals surface area contributed by atoms with E-state index in [2.05, 4.69) is 20.3 Å². The molecule has 6 nitrogen and oxygen atoms in total. The van der Waals surface area contributed by atoms with Gasteiger partial charge in [-0.2, -0.15) is 18.2 Å². The van der Waals surface area contributed by atoms with Gasteiger partial charge in [-0.1, -0.05) is 29.8 Å². The van der Waals surface area contributed by atoms with Crippen LogP contribution in [0, 0.1) is 5.92 Å². The summed E-state index contributed by atoms with van der Waals surface area (Å²) in [6.45, 7) is 2.78. The lowest BCUT2D eigenvalue weighted by atomic mass is 9.58. The Labute approximate surface area is 194 Å². The summed E-state index contributed by atoms with van der Waals surface area (Å²) < 4.78 is 62.0. The fourth-order valence-electron chi connectivity index (χ4n) is 5.88. The van der Waals surface area contributed by atoms with Gasteiger partial charge in [0.2, 0.25) is 0 Å². The number of rotatable bonds is 4. The number of aromatic nitrogens is 5. The van der Waals surface area contributed by atoms with E-state index in [0.29, 0.717) is 5.82 Å². The van der Waals surface area contributed by atoms with Crippen molar-refractivity contribution in [2.45, 2.75) is 75.6 Å². The Morgan fingerprint density at radius 3 is 2.53 bits per heavy atom. The van der Waals surface area contributed by atoms with Gasteiger partial charge in [0.15, 0.2) is 17.3 Å². The number of alkyl halides is 4. The molecule has 0 saturated heterocycles. The number of hydrogen-bond donors (Lipinski definition) is 0. The van der Waals surface area contributed by atoms with Crippen LogP contribution < -0.4 is 0 Å². The zero-order valence-corrected chi connectivity index (χ0v) is 19.4. The predicted octanol–water partition coefficient (Wildman–Crippen LogP) is 6.09. The Morgan fingerprint density at radius 2 is 1.82 bits per heavy atom. The first kappa shape index (κ1) is 23.0. The third-order valence-electron chi connectivity index (χ3n) is 7.49. The highest BCUT2D eigenvalue weighted by molar-refractivity contribution is 5.61. The Hall–Kier alpha value is -2.78. The third kappa shape index (κ3) is 3.80. The molecule has 2 heterocycles. The summed E-state index contributed by atoms with van der Waals surface area (Å²) in [5.74, 6) is 1.79. The fraction of sp³-hybridized carbons (Fsp3) is 0.583. The first-order chi connectivity index (χ1) is 16.0. The summed E-state index contributed by atoms with van der Waals surface area (Å²) in [6, 6.07) is 5.47. The molecule has 34 heavy (non-hydrogen) atoms. The standard InChI is InChI=1S/C24H27F4N5O/c1-22(2,25)21-29-18(32-34-21)15-10-12-23(11-6-7-14(15)13-23)20-31-30-19(33(20)3)16-8-4-5-9-17(16)24(26,27)28/h4-5,8-9,14-15H,6-7,10-13H2,1-3H3. The molecular formula is C24H27F4N5O. The second-order valence-corrected chi connectivity index (χ2v) is 10.2. The van der Waals surface area contributed by atoms with E-state index in [9.17, 15) is 17.6 Å². The minimum absolute atomic E-state index is 0.0172. The first-order valence-electron chi connectivity index (χ1n) is 11.6. The van der Waals surface area contributed by atoms with Gasteiger partial charge in [0.25, 0.3) is 5.89 Å². The van der Waals surface area contributed by atoms with Crippen molar-refractivity contribution in [1.82, 2.24) is 24.9 Å². The van der Waals surface area contributed by atoms with Crippen molar-refractivity contribution in [3.05, 3.63) is 47.4 Å². The quantitative estimate of drug-likeness (QED) is 0.425. The normalized spacial score (nSPS) is 25.5. The monoisotopic (exact) mass is 477 g/mol. The lowest BCUT2D eigenvalue weighted by Gasteiger charge is -2.47. The average Bonchev–Trinajstić information content (AvgIpc) is 3.41. The summed E-state index contributed by atoms with van der Waals surface area (Å²) in [5.41, 5.74) is -2.65. The van der Waals surface area contributed by atoms with Gasteiger partial charge in [-0.05, 0) is 57.9 Å². The molecule has 2 saturated carbocycles. The molecule has 2 fully saturated rings. The van der Waals surface area contributed by atoms with Gasteiger partial charge in [-0.15, -0.1) is 10.2 Å². The van der Waals surface area contributed by atoms with Crippen molar-refractivity contribution >= 4 is 0 Å². The molecule has 5 rings (SSSR count). The van der Waals surface area contributed by atoms with Crippen molar-refractivity contribution in [3.63, 3.8) is 0 Å². The van der Waals surface area contributed by atoms with Crippen LogP contribution in [-0.4, -0.2) is 24.9 Å². The van der Waals surface area contributed by atoms with Crippen LogP contribution in [0.5, 0.6) is 0 Å². The molecule has 0 spiro atoms. The van der Waals surface area contributed by atoms with Crippen LogP contribution >= 0.6 is 0 Å². The van der Waals surface area contributed by atoms with Crippen molar-refractivity contribution in [2.75, 3.05) is 0 Å². The highest BCUT2D eigenvalue weighted by Crippen LogP contribution is 2.55. The van der Waals surface area contributed by atoms with Crippen LogP contribution in [-0.2, 0) is 24.3 Å². The molecule has 2 aromatic heterocycles. The molecule has 2 bridgehead atoms. The number of nitrogens with zero attached hydrogens (tertiary/aromatic N) is 5. The topological polar surface area (TPSA) is 69.6 Å². The molecule has 10 heteroatoms. The highest BCUT2D eigenvalue weighted by Gasteiger charge is 2.49. The van der Waals surface area contributed by atoms with Gasteiger partial charge < -0.3 is 9.09 Å². The van der Waals surface area contributed by atoms with Crippen LogP contribution in [0.25, 0.3) is 11.4 Å².